The summed E-state index contributed by atoms with van der Waals surface area (Å²) in [6.45, 7) is 2.88. The molecule has 0 aliphatic heterocycles. The largest absolute Gasteiger partial charge is 0.398 e. The van der Waals surface area contributed by atoms with Gasteiger partial charge in [-0.3, -0.25) is 4.79 Å². The first-order valence-electron chi connectivity index (χ1n) is 11.9. The van der Waals surface area contributed by atoms with Gasteiger partial charge in [0.2, 0.25) is 5.91 Å². The predicted octanol–water partition coefficient (Wildman–Crippen LogP) is 5.95. The fourth-order valence-corrected chi connectivity index (χ4v) is 4.76. The molecule has 2 aromatic rings. The van der Waals surface area contributed by atoms with E-state index in [4.69, 9.17) is 5.73 Å². The Labute approximate surface area is 182 Å². The third kappa shape index (κ3) is 6.35. The second kappa shape index (κ2) is 11.8. The van der Waals surface area contributed by atoms with Gasteiger partial charge in [0.1, 0.15) is 0 Å². The highest BCUT2D eigenvalue weighted by Crippen LogP contribution is 2.29. The van der Waals surface area contributed by atoms with Gasteiger partial charge in [0, 0.05) is 24.7 Å². The van der Waals surface area contributed by atoms with Crippen molar-refractivity contribution in [3.63, 3.8) is 0 Å². The van der Waals surface area contributed by atoms with Crippen LogP contribution in [-0.2, 0) is 24.1 Å². The number of nitrogens with zero attached hydrogens (tertiary/aromatic N) is 1. The van der Waals surface area contributed by atoms with Gasteiger partial charge >= 0.3 is 0 Å². The number of rotatable bonds is 11. The van der Waals surface area contributed by atoms with Crippen molar-refractivity contribution in [2.75, 3.05) is 12.3 Å². The first kappa shape index (κ1) is 22.4. The molecular formula is C27H38N2O. The maximum Gasteiger partial charge on any atom is 0.222 e. The standard InChI is InChI=1S/C27H38N2O/c1-2-27(30)29(24-18-19-25-23(21-24)16-12-17-26(25)28)20-11-6-4-3-5-8-13-22-14-9-7-10-15-22/h7,9-10,12,14-17,24H,2-6,8,11,13,18-21,28H2,1H3. The Kier molecular flexibility index (Phi) is 8.80. The minimum atomic E-state index is 0.301. The van der Waals surface area contributed by atoms with E-state index in [9.17, 15) is 4.79 Å². The Balaban J connectivity index is 1.38. The molecule has 0 saturated heterocycles. The number of unbranched alkanes of at least 4 members (excludes halogenated alkanes) is 5. The third-order valence-corrected chi connectivity index (χ3v) is 6.51. The zero-order valence-corrected chi connectivity index (χ0v) is 18.6. The molecule has 1 atom stereocenters. The number of hydrogen-bond acceptors (Lipinski definition) is 2. The van der Waals surface area contributed by atoms with Crippen LogP contribution in [0.2, 0.25) is 0 Å². The molecule has 1 aliphatic rings. The summed E-state index contributed by atoms with van der Waals surface area (Å²) in [7, 11) is 0. The maximum absolute atomic E-state index is 12.6. The Morgan fingerprint density at radius 1 is 0.967 bits per heavy atom. The number of nitrogen functional groups attached to an aromatic ring is 1. The second-order valence-electron chi connectivity index (χ2n) is 8.68. The van der Waals surface area contributed by atoms with Gasteiger partial charge in [-0.1, -0.05) is 75.1 Å². The molecule has 0 fully saturated rings. The fraction of sp³-hybridized carbons (Fsp3) is 0.519. The molecule has 0 spiro atoms. The van der Waals surface area contributed by atoms with Crippen LogP contribution in [0, 0.1) is 0 Å². The van der Waals surface area contributed by atoms with E-state index in [-0.39, 0.29) is 0 Å². The van der Waals surface area contributed by atoms with Crippen LogP contribution in [0.5, 0.6) is 0 Å². The average Bonchev–Trinajstić information content (AvgIpc) is 2.78. The molecule has 2 N–H and O–H groups in total. The van der Waals surface area contributed by atoms with Gasteiger partial charge in [0.25, 0.3) is 0 Å². The lowest BCUT2D eigenvalue weighted by atomic mass is 9.86. The van der Waals surface area contributed by atoms with Gasteiger partial charge < -0.3 is 10.6 Å². The van der Waals surface area contributed by atoms with Gasteiger partial charge in [0.05, 0.1) is 0 Å². The van der Waals surface area contributed by atoms with Gasteiger partial charge in [0.15, 0.2) is 0 Å². The molecule has 162 valence electrons. The fourth-order valence-electron chi connectivity index (χ4n) is 4.76. The zero-order chi connectivity index (χ0) is 21.2. The van der Waals surface area contributed by atoms with Crippen LogP contribution in [-0.4, -0.2) is 23.4 Å². The number of carbonyl (C=O) groups is 1. The third-order valence-electron chi connectivity index (χ3n) is 6.51. The van der Waals surface area contributed by atoms with Gasteiger partial charge in [-0.25, -0.2) is 0 Å². The highest BCUT2D eigenvalue weighted by atomic mass is 16.2. The van der Waals surface area contributed by atoms with Crippen molar-refractivity contribution in [2.24, 2.45) is 0 Å². The topological polar surface area (TPSA) is 46.3 Å². The molecular weight excluding hydrogens is 368 g/mol. The molecule has 1 amide bonds. The molecule has 3 heteroatoms. The van der Waals surface area contributed by atoms with Crippen LogP contribution in [0.25, 0.3) is 0 Å². The highest BCUT2D eigenvalue weighted by Gasteiger charge is 2.27. The molecule has 30 heavy (non-hydrogen) atoms. The van der Waals surface area contributed by atoms with Crippen molar-refractivity contribution in [1.82, 2.24) is 4.90 Å². The Bertz CT molecular complexity index is 787. The van der Waals surface area contributed by atoms with E-state index in [0.29, 0.717) is 18.4 Å². The summed E-state index contributed by atoms with van der Waals surface area (Å²) >= 11 is 0. The van der Waals surface area contributed by atoms with E-state index in [1.54, 1.807) is 0 Å². The van der Waals surface area contributed by atoms with E-state index in [0.717, 1.165) is 37.9 Å². The summed E-state index contributed by atoms with van der Waals surface area (Å²) < 4.78 is 0. The normalized spacial score (nSPS) is 15.6. The molecule has 0 saturated carbocycles. The van der Waals surface area contributed by atoms with Crippen LogP contribution in [0.1, 0.15) is 75.0 Å². The van der Waals surface area contributed by atoms with Crippen LogP contribution in [0.15, 0.2) is 48.5 Å². The molecule has 1 unspecified atom stereocenters. The molecule has 0 radical (unpaired) electrons. The van der Waals surface area contributed by atoms with Crippen LogP contribution in [0.3, 0.4) is 0 Å². The smallest absolute Gasteiger partial charge is 0.222 e. The first-order valence-corrected chi connectivity index (χ1v) is 11.9. The number of carbonyl (C=O) groups excluding carboxylic acids is 1. The lowest BCUT2D eigenvalue weighted by Gasteiger charge is -2.35. The Morgan fingerprint density at radius 3 is 2.47 bits per heavy atom. The number of fused-ring (bicyclic) bond motifs is 1. The predicted molar refractivity (Wildman–Crippen MR) is 127 cm³/mol. The lowest BCUT2D eigenvalue weighted by Crippen LogP contribution is -2.43. The highest BCUT2D eigenvalue weighted by molar-refractivity contribution is 5.76. The Morgan fingerprint density at radius 2 is 1.70 bits per heavy atom. The van der Waals surface area contributed by atoms with Crippen molar-refractivity contribution in [2.45, 2.75) is 83.6 Å². The second-order valence-corrected chi connectivity index (χ2v) is 8.68. The molecule has 0 bridgehead atoms. The van der Waals surface area contributed by atoms with Crippen LogP contribution < -0.4 is 5.73 Å². The molecule has 2 aromatic carbocycles. The van der Waals surface area contributed by atoms with Crippen molar-refractivity contribution in [3.05, 3.63) is 65.2 Å². The Hall–Kier alpha value is -2.29. The summed E-state index contributed by atoms with van der Waals surface area (Å²) in [5, 5.41) is 0. The number of nitrogens with two attached hydrogens (primary N) is 1. The minimum Gasteiger partial charge on any atom is -0.398 e. The first-order chi connectivity index (χ1) is 14.7. The number of amides is 1. The van der Waals surface area contributed by atoms with Crippen molar-refractivity contribution in [1.29, 1.82) is 0 Å². The van der Waals surface area contributed by atoms with Gasteiger partial charge in [-0.2, -0.15) is 0 Å². The van der Waals surface area contributed by atoms with E-state index < -0.39 is 0 Å². The maximum atomic E-state index is 12.6. The van der Waals surface area contributed by atoms with E-state index in [2.05, 4.69) is 41.3 Å². The molecule has 3 rings (SSSR count). The van der Waals surface area contributed by atoms with Gasteiger partial charge in [-0.15, -0.1) is 0 Å². The number of aryl methyl sites for hydroxylation is 1. The summed E-state index contributed by atoms with van der Waals surface area (Å²) in [6.07, 6.45) is 12.2. The SMILES string of the molecule is CCC(=O)N(CCCCCCCCc1ccccc1)C1CCc2c(N)cccc2C1. The van der Waals surface area contributed by atoms with Crippen LogP contribution >= 0.6 is 0 Å². The number of hydrogen-bond donors (Lipinski definition) is 1. The molecule has 0 aromatic heterocycles. The lowest BCUT2D eigenvalue weighted by molar-refractivity contribution is -0.133. The van der Waals surface area contributed by atoms with E-state index in [1.807, 2.05) is 19.1 Å². The van der Waals surface area contributed by atoms with E-state index in [1.165, 1.54) is 55.2 Å². The molecule has 3 nitrogen and oxygen atoms in total. The molecule has 0 heterocycles. The summed E-state index contributed by atoms with van der Waals surface area (Å²) in [5.41, 5.74) is 11.1. The van der Waals surface area contributed by atoms with Gasteiger partial charge in [-0.05, 0) is 61.3 Å². The summed E-state index contributed by atoms with van der Waals surface area (Å²) in [4.78, 5) is 14.8. The average molecular weight is 407 g/mol. The molecule has 1 aliphatic carbocycles. The summed E-state index contributed by atoms with van der Waals surface area (Å²) in [5.74, 6) is 0.301. The number of benzene rings is 2. The van der Waals surface area contributed by atoms with Crippen molar-refractivity contribution >= 4 is 11.6 Å². The monoisotopic (exact) mass is 406 g/mol. The van der Waals surface area contributed by atoms with E-state index >= 15 is 0 Å². The number of anilines is 1. The minimum absolute atomic E-state index is 0.301. The van der Waals surface area contributed by atoms with Crippen LogP contribution in [0.4, 0.5) is 5.69 Å². The quantitative estimate of drug-likeness (QED) is 0.370. The van der Waals surface area contributed by atoms with Crippen molar-refractivity contribution < 1.29 is 4.79 Å². The summed E-state index contributed by atoms with van der Waals surface area (Å²) in [6, 6.07) is 17.3. The zero-order valence-electron chi connectivity index (χ0n) is 18.6. The van der Waals surface area contributed by atoms with Crippen molar-refractivity contribution in [3.8, 4) is 0 Å².